The second kappa shape index (κ2) is 9.61. The van der Waals surface area contributed by atoms with Crippen molar-refractivity contribution in [2.45, 2.75) is 19.8 Å². The summed E-state index contributed by atoms with van der Waals surface area (Å²) in [5, 5.41) is 0. The van der Waals surface area contributed by atoms with Crippen molar-refractivity contribution >= 4 is 5.69 Å². The Morgan fingerprint density at radius 3 is 2.30 bits per heavy atom. The van der Waals surface area contributed by atoms with Crippen LogP contribution in [0.5, 0.6) is 5.75 Å². The van der Waals surface area contributed by atoms with Gasteiger partial charge in [-0.25, -0.2) is 0 Å². The molecule has 0 aliphatic rings. The van der Waals surface area contributed by atoms with Crippen molar-refractivity contribution in [2.24, 2.45) is 0 Å². The fraction of sp³-hybridized carbons (Fsp3) is 0.625. The number of hydrogen-bond acceptors (Lipinski definition) is 4. The highest BCUT2D eigenvalue weighted by Crippen LogP contribution is 2.13. The summed E-state index contributed by atoms with van der Waals surface area (Å²) in [6.07, 6.45) is 2.25. The first-order valence-corrected chi connectivity index (χ1v) is 7.47. The Morgan fingerprint density at radius 2 is 1.70 bits per heavy atom. The molecule has 0 saturated carbocycles. The molecule has 0 aliphatic heterocycles. The van der Waals surface area contributed by atoms with Gasteiger partial charge in [0.1, 0.15) is 5.75 Å². The molecule has 1 aromatic carbocycles. The molecule has 114 valence electrons. The molecule has 4 heteroatoms. The Morgan fingerprint density at radius 1 is 1.00 bits per heavy atom. The molecule has 0 unspecified atom stereocenters. The van der Waals surface area contributed by atoms with Gasteiger partial charge in [0.15, 0.2) is 0 Å². The van der Waals surface area contributed by atoms with E-state index in [-0.39, 0.29) is 0 Å². The Balaban J connectivity index is 2.20. The molecule has 0 radical (unpaired) electrons. The van der Waals surface area contributed by atoms with Crippen molar-refractivity contribution in [2.75, 3.05) is 52.6 Å². The lowest BCUT2D eigenvalue weighted by atomic mass is 10.3. The molecule has 4 nitrogen and oxygen atoms in total. The number of ether oxygens (including phenoxy) is 1. The zero-order chi connectivity index (χ0) is 14.8. The maximum absolute atomic E-state index is 5.72. The lowest BCUT2D eigenvalue weighted by Gasteiger charge is -2.23. The maximum Gasteiger partial charge on any atom is 0.119 e. The summed E-state index contributed by atoms with van der Waals surface area (Å²) in [4.78, 5) is 4.74. The van der Waals surface area contributed by atoms with Gasteiger partial charge in [0.2, 0.25) is 0 Å². The number of likely N-dealkylation sites (N-methyl/N-ethyl adjacent to an activating group) is 1. The summed E-state index contributed by atoms with van der Waals surface area (Å²) >= 11 is 0. The summed E-state index contributed by atoms with van der Waals surface area (Å²) in [6, 6.07) is 7.59. The number of nitrogens with zero attached hydrogens (tertiary/aromatic N) is 2. The third-order valence-corrected chi connectivity index (χ3v) is 3.17. The highest BCUT2D eigenvalue weighted by Gasteiger charge is 2.04. The van der Waals surface area contributed by atoms with Crippen molar-refractivity contribution < 1.29 is 4.74 Å². The van der Waals surface area contributed by atoms with E-state index in [0.717, 1.165) is 50.6 Å². The van der Waals surface area contributed by atoms with E-state index in [1.807, 2.05) is 24.3 Å². The number of rotatable bonds is 10. The third kappa shape index (κ3) is 7.36. The van der Waals surface area contributed by atoms with Gasteiger partial charge in [-0.05, 0) is 57.7 Å². The van der Waals surface area contributed by atoms with Crippen LogP contribution in [-0.4, -0.2) is 56.7 Å². The molecular weight excluding hydrogens is 250 g/mol. The zero-order valence-corrected chi connectivity index (χ0v) is 13.1. The van der Waals surface area contributed by atoms with Gasteiger partial charge in [0.05, 0.1) is 6.61 Å². The van der Waals surface area contributed by atoms with Crippen molar-refractivity contribution in [1.82, 2.24) is 9.80 Å². The minimum absolute atomic E-state index is 0.756. The molecule has 0 saturated heterocycles. The smallest absolute Gasteiger partial charge is 0.119 e. The molecule has 0 aromatic heterocycles. The minimum atomic E-state index is 0.756. The molecule has 0 bridgehead atoms. The first-order valence-electron chi connectivity index (χ1n) is 7.47. The molecule has 2 N–H and O–H groups in total. The summed E-state index contributed by atoms with van der Waals surface area (Å²) in [5.41, 5.74) is 6.42. The fourth-order valence-electron chi connectivity index (χ4n) is 2.04. The standard InChI is InChI=1S/C16H29N3O/c1-4-10-19(13-12-18(2)3)11-5-14-20-16-8-6-15(17)7-9-16/h6-9H,4-5,10-14,17H2,1-3H3. The van der Waals surface area contributed by atoms with Crippen molar-refractivity contribution in [3.05, 3.63) is 24.3 Å². The van der Waals surface area contributed by atoms with Gasteiger partial charge in [0.25, 0.3) is 0 Å². The summed E-state index contributed by atoms with van der Waals surface area (Å²) in [6.45, 7) is 7.48. The van der Waals surface area contributed by atoms with Gasteiger partial charge in [0, 0.05) is 25.3 Å². The molecular formula is C16H29N3O. The fourth-order valence-corrected chi connectivity index (χ4v) is 2.04. The van der Waals surface area contributed by atoms with E-state index in [1.54, 1.807) is 0 Å². The highest BCUT2D eigenvalue weighted by molar-refractivity contribution is 5.41. The normalized spacial score (nSPS) is 11.2. The minimum Gasteiger partial charge on any atom is -0.494 e. The van der Waals surface area contributed by atoms with E-state index >= 15 is 0 Å². The van der Waals surface area contributed by atoms with E-state index in [1.165, 1.54) is 6.42 Å². The number of hydrogen-bond donors (Lipinski definition) is 1. The quantitative estimate of drug-likeness (QED) is 0.527. The molecule has 0 heterocycles. The number of benzene rings is 1. The topological polar surface area (TPSA) is 41.7 Å². The van der Waals surface area contributed by atoms with Gasteiger partial charge in [-0.3, -0.25) is 0 Å². The predicted molar refractivity (Wildman–Crippen MR) is 86.3 cm³/mol. The molecule has 0 aliphatic carbocycles. The number of nitrogens with two attached hydrogens (primary N) is 1. The summed E-state index contributed by atoms with van der Waals surface area (Å²) < 4.78 is 5.72. The van der Waals surface area contributed by atoms with Crippen LogP contribution < -0.4 is 10.5 Å². The van der Waals surface area contributed by atoms with Gasteiger partial charge in [-0.1, -0.05) is 6.92 Å². The van der Waals surface area contributed by atoms with Crippen LogP contribution in [0.1, 0.15) is 19.8 Å². The highest BCUT2D eigenvalue weighted by atomic mass is 16.5. The van der Waals surface area contributed by atoms with Crippen LogP contribution in [-0.2, 0) is 0 Å². The SMILES string of the molecule is CCCN(CCCOc1ccc(N)cc1)CCN(C)C. The third-order valence-electron chi connectivity index (χ3n) is 3.17. The first kappa shape index (κ1) is 16.8. The Kier molecular flexibility index (Phi) is 8.07. The molecule has 20 heavy (non-hydrogen) atoms. The van der Waals surface area contributed by atoms with Gasteiger partial charge in [-0.2, -0.15) is 0 Å². The number of anilines is 1. The number of nitrogen functional groups attached to an aromatic ring is 1. The Labute approximate surface area is 123 Å². The van der Waals surface area contributed by atoms with Crippen LogP contribution in [0.15, 0.2) is 24.3 Å². The molecule has 0 atom stereocenters. The monoisotopic (exact) mass is 279 g/mol. The van der Waals surface area contributed by atoms with Crippen LogP contribution in [0.4, 0.5) is 5.69 Å². The summed E-state index contributed by atoms with van der Waals surface area (Å²) in [5.74, 6) is 0.898. The van der Waals surface area contributed by atoms with Crippen molar-refractivity contribution in [3.63, 3.8) is 0 Å². The van der Waals surface area contributed by atoms with Gasteiger partial charge >= 0.3 is 0 Å². The van der Waals surface area contributed by atoms with E-state index in [9.17, 15) is 0 Å². The summed E-state index contributed by atoms with van der Waals surface area (Å²) in [7, 11) is 4.24. The predicted octanol–water partition coefficient (Wildman–Crippen LogP) is 2.31. The Hall–Kier alpha value is -1.26. The molecule has 0 amide bonds. The van der Waals surface area contributed by atoms with Crippen molar-refractivity contribution in [3.8, 4) is 5.75 Å². The van der Waals surface area contributed by atoms with E-state index in [0.29, 0.717) is 0 Å². The van der Waals surface area contributed by atoms with Crippen LogP contribution in [0.3, 0.4) is 0 Å². The molecule has 1 rings (SSSR count). The van der Waals surface area contributed by atoms with Crippen LogP contribution >= 0.6 is 0 Å². The van der Waals surface area contributed by atoms with Crippen LogP contribution in [0, 0.1) is 0 Å². The largest absolute Gasteiger partial charge is 0.494 e. The Bertz CT molecular complexity index is 351. The maximum atomic E-state index is 5.72. The van der Waals surface area contributed by atoms with Crippen LogP contribution in [0.2, 0.25) is 0 Å². The van der Waals surface area contributed by atoms with Gasteiger partial charge < -0.3 is 20.3 Å². The zero-order valence-electron chi connectivity index (χ0n) is 13.1. The van der Waals surface area contributed by atoms with Crippen molar-refractivity contribution in [1.29, 1.82) is 0 Å². The molecule has 0 spiro atoms. The second-order valence-electron chi connectivity index (χ2n) is 5.42. The lowest BCUT2D eigenvalue weighted by molar-refractivity contribution is 0.216. The van der Waals surface area contributed by atoms with Crippen LogP contribution in [0.25, 0.3) is 0 Å². The van der Waals surface area contributed by atoms with E-state index in [4.69, 9.17) is 10.5 Å². The average molecular weight is 279 g/mol. The van der Waals surface area contributed by atoms with Gasteiger partial charge in [-0.15, -0.1) is 0 Å². The lowest BCUT2D eigenvalue weighted by Crippen LogP contribution is -2.33. The van der Waals surface area contributed by atoms with E-state index < -0.39 is 0 Å². The molecule has 0 fully saturated rings. The second-order valence-corrected chi connectivity index (χ2v) is 5.42. The molecule has 1 aromatic rings. The average Bonchev–Trinajstić information content (AvgIpc) is 2.42. The first-order chi connectivity index (χ1) is 9.61. The van der Waals surface area contributed by atoms with E-state index in [2.05, 4.69) is 30.8 Å².